The van der Waals surface area contributed by atoms with Crippen LogP contribution in [0.15, 0.2) is 0 Å². The highest BCUT2D eigenvalue weighted by molar-refractivity contribution is 8.76. The summed E-state index contributed by atoms with van der Waals surface area (Å²) in [7, 11) is 4.20. The van der Waals surface area contributed by atoms with Crippen molar-refractivity contribution in [2.75, 3.05) is 11.5 Å². The van der Waals surface area contributed by atoms with E-state index in [0.29, 0.717) is 0 Å². The largest absolute Gasteiger partial charge is 0.0941 e. The van der Waals surface area contributed by atoms with E-state index in [1.165, 1.54) is 56.5 Å². The maximum absolute atomic E-state index is 2.27. The molecule has 1 aliphatic carbocycles. The second-order valence-electron chi connectivity index (χ2n) is 3.96. The van der Waals surface area contributed by atoms with Gasteiger partial charge in [-0.25, -0.2) is 0 Å². The first-order chi connectivity index (χ1) is 6.43. The van der Waals surface area contributed by atoms with Gasteiger partial charge in [-0.2, -0.15) is 0 Å². The molecule has 0 unspecified atom stereocenters. The van der Waals surface area contributed by atoms with E-state index in [9.17, 15) is 0 Å². The summed E-state index contributed by atoms with van der Waals surface area (Å²) in [5.41, 5.74) is 0. The summed E-state index contributed by atoms with van der Waals surface area (Å²) >= 11 is 0. The van der Waals surface area contributed by atoms with Gasteiger partial charge in [0.05, 0.1) is 0 Å². The van der Waals surface area contributed by atoms with Crippen LogP contribution in [0, 0.1) is 5.92 Å². The molecule has 0 aromatic heterocycles. The molecule has 1 fully saturated rings. The summed E-state index contributed by atoms with van der Waals surface area (Å²) in [6.45, 7) is 2.27. The molecule has 0 amide bonds. The predicted molar refractivity (Wildman–Crippen MR) is 66.4 cm³/mol. The van der Waals surface area contributed by atoms with E-state index in [1.54, 1.807) is 0 Å². The molecule has 0 N–H and O–H groups in total. The molecule has 13 heavy (non-hydrogen) atoms. The molecule has 0 heterocycles. The van der Waals surface area contributed by atoms with Crippen molar-refractivity contribution < 1.29 is 0 Å². The van der Waals surface area contributed by atoms with Gasteiger partial charge < -0.3 is 0 Å². The van der Waals surface area contributed by atoms with E-state index in [2.05, 4.69) is 28.5 Å². The lowest BCUT2D eigenvalue weighted by molar-refractivity contribution is 0.391. The summed E-state index contributed by atoms with van der Waals surface area (Å²) in [6, 6.07) is 0. The van der Waals surface area contributed by atoms with Gasteiger partial charge in [0.25, 0.3) is 0 Å². The lowest BCUT2D eigenvalue weighted by Crippen LogP contribution is -2.07. The normalized spacial score (nSPS) is 19.2. The van der Waals surface area contributed by atoms with Crippen LogP contribution in [-0.4, -0.2) is 11.5 Å². The van der Waals surface area contributed by atoms with Gasteiger partial charge in [0.1, 0.15) is 0 Å². The highest BCUT2D eigenvalue weighted by Gasteiger charge is 2.12. The Morgan fingerprint density at radius 2 is 1.85 bits per heavy atom. The van der Waals surface area contributed by atoms with Crippen LogP contribution in [0.4, 0.5) is 0 Å². The zero-order valence-electron chi connectivity index (χ0n) is 8.76. The molecule has 0 aliphatic heterocycles. The summed E-state index contributed by atoms with van der Waals surface area (Å²) in [4.78, 5) is 0. The zero-order chi connectivity index (χ0) is 9.36. The Morgan fingerprint density at radius 3 is 2.54 bits per heavy atom. The first-order valence-corrected chi connectivity index (χ1v) is 8.16. The highest BCUT2D eigenvalue weighted by Crippen LogP contribution is 2.31. The van der Waals surface area contributed by atoms with Gasteiger partial charge in [-0.15, -0.1) is 0 Å². The molecule has 1 aliphatic rings. The van der Waals surface area contributed by atoms with Crippen molar-refractivity contribution in [3.8, 4) is 0 Å². The van der Waals surface area contributed by atoms with Gasteiger partial charge in [0.15, 0.2) is 0 Å². The lowest BCUT2D eigenvalue weighted by Gasteiger charge is -2.20. The van der Waals surface area contributed by atoms with Crippen LogP contribution in [0.5, 0.6) is 0 Å². The Bertz CT molecular complexity index is 109. The van der Waals surface area contributed by atoms with E-state index in [0.717, 1.165) is 5.92 Å². The smallest absolute Gasteiger partial charge is 0.00653 e. The van der Waals surface area contributed by atoms with Crippen LogP contribution in [0.25, 0.3) is 0 Å². The van der Waals surface area contributed by atoms with Gasteiger partial charge in [-0.3, -0.25) is 0 Å². The summed E-state index contributed by atoms with van der Waals surface area (Å²) in [5, 5.41) is 0. The van der Waals surface area contributed by atoms with Gasteiger partial charge in [0.2, 0.25) is 0 Å². The number of hydrogen-bond acceptors (Lipinski definition) is 2. The molecule has 2 heteroatoms. The number of unbranched alkanes of at least 4 members (excludes halogenated alkanes) is 1. The average Bonchev–Trinajstić information content (AvgIpc) is 2.19. The van der Waals surface area contributed by atoms with Crippen LogP contribution < -0.4 is 0 Å². The minimum absolute atomic E-state index is 1.05. The average molecular weight is 218 g/mol. The Labute approximate surface area is 91.0 Å². The number of rotatable bonds is 6. The minimum atomic E-state index is 1.05. The quantitative estimate of drug-likeness (QED) is 0.466. The van der Waals surface area contributed by atoms with Gasteiger partial charge in [0, 0.05) is 11.5 Å². The topological polar surface area (TPSA) is 0 Å². The molecule has 0 saturated heterocycles. The van der Waals surface area contributed by atoms with Crippen molar-refractivity contribution in [2.24, 2.45) is 5.92 Å². The van der Waals surface area contributed by atoms with Crippen molar-refractivity contribution in [1.82, 2.24) is 0 Å². The first kappa shape index (κ1) is 11.8. The fraction of sp³-hybridized carbons (Fsp3) is 1.00. The lowest BCUT2D eigenvalue weighted by atomic mass is 9.91. The summed E-state index contributed by atoms with van der Waals surface area (Å²) in [6.07, 6.45) is 10.2. The SMILES string of the molecule is CCCCSSCC1CCCCC1. The van der Waals surface area contributed by atoms with Crippen LogP contribution in [0.2, 0.25) is 0 Å². The Hall–Kier alpha value is 0.700. The fourth-order valence-corrected chi connectivity index (χ4v) is 4.48. The zero-order valence-corrected chi connectivity index (χ0v) is 10.4. The highest BCUT2D eigenvalue weighted by atomic mass is 33.1. The van der Waals surface area contributed by atoms with Crippen molar-refractivity contribution >= 4 is 21.6 Å². The maximum Gasteiger partial charge on any atom is 0.00653 e. The van der Waals surface area contributed by atoms with Crippen molar-refractivity contribution in [1.29, 1.82) is 0 Å². The molecule has 0 radical (unpaired) electrons. The molecule has 0 aromatic carbocycles. The van der Waals surface area contributed by atoms with Crippen LogP contribution >= 0.6 is 21.6 Å². The molecular weight excluding hydrogens is 196 g/mol. The molecule has 0 bridgehead atoms. The molecule has 0 atom stereocenters. The predicted octanol–water partition coefficient (Wildman–Crippen LogP) is 4.75. The second-order valence-corrected chi connectivity index (χ2v) is 6.59. The maximum atomic E-state index is 2.27. The van der Waals surface area contributed by atoms with Crippen LogP contribution in [0.3, 0.4) is 0 Å². The molecular formula is C11H22S2. The monoisotopic (exact) mass is 218 g/mol. The third-order valence-electron chi connectivity index (χ3n) is 2.69. The summed E-state index contributed by atoms with van der Waals surface area (Å²) < 4.78 is 0. The van der Waals surface area contributed by atoms with Gasteiger partial charge in [-0.05, 0) is 25.2 Å². The summed E-state index contributed by atoms with van der Waals surface area (Å²) in [5.74, 6) is 3.82. The van der Waals surface area contributed by atoms with Crippen molar-refractivity contribution in [3.05, 3.63) is 0 Å². The number of hydrogen-bond donors (Lipinski definition) is 0. The van der Waals surface area contributed by atoms with E-state index in [-0.39, 0.29) is 0 Å². The third kappa shape index (κ3) is 5.90. The Balaban J connectivity index is 1.86. The Kier molecular flexibility index (Phi) is 7.29. The van der Waals surface area contributed by atoms with E-state index >= 15 is 0 Å². The van der Waals surface area contributed by atoms with Crippen LogP contribution in [-0.2, 0) is 0 Å². The Morgan fingerprint density at radius 1 is 1.08 bits per heavy atom. The molecule has 0 nitrogen and oxygen atoms in total. The van der Waals surface area contributed by atoms with E-state index in [1.807, 2.05) is 0 Å². The van der Waals surface area contributed by atoms with Crippen molar-refractivity contribution in [3.63, 3.8) is 0 Å². The van der Waals surface area contributed by atoms with Gasteiger partial charge in [-0.1, -0.05) is 54.2 Å². The minimum Gasteiger partial charge on any atom is -0.0941 e. The molecule has 78 valence electrons. The standard InChI is InChI=1S/C11H22S2/c1-2-3-9-12-13-10-11-7-5-4-6-8-11/h11H,2-10H2,1H3. The van der Waals surface area contributed by atoms with E-state index < -0.39 is 0 Å². The van der Waals surface area contributed by atoms with Crippen LogP contribution in [0.1, 0.15) is 51.9 Å². The second kappa shape index (κ2) is 8.05. The van der Waals surface area contributed by atoms with Crippen molar-refractivity contribution in [2.45, 2.75) is 51.9 Å². The molecule has 1 rings (SSSR count). The molecule has 0 aromatic rings. The fourth-order valence-electron chi connectivity index (χ4n) is 1.76. The molecule has 1 saturated carbocycles. The molecule has 0 spiro atoms. The third-order valence-corrected chi connectivity index (χ3v) is 5.33. The van der Waals surface area contributed by atoms with E-state index in [4.69, 9.17) is 0 Å². The van der Waals surface area contributed by atoms with Gasteiger partial charge >= 0.3 is 0 Å². The first-order valence-electron chi connectivity index (χ1n) is 5.68.